The molecule has 0 bridgehead atoms. The number of alkyl halides is 3. The van der Waals surface area contributed by atoms with Gasteiger partial charge in [-0.15, -0.1) is 0 Å². The number of hydrogen-bond donors (Lipinski definition) is 2. The zero-order valence-electron chi connectivity index (χ0n) is 10.8. The Kier molecular flexibility index (Phi) is 4.77. The highest BCUT2D eigenvalue weighted by atomic mass is 32.2. The lowest BCUT2D eigenvalue weighted by Gasteiger charge is -2.06. The number of methoxy groups -OCH3 is 1. The van der Waals surface area contributed by atoms with Gasteiger partial charge in [-0.3, -0.25) is 0 Å². The molecule has 110 valence electrons. The number of H-pyrrole nitrogens is 1. The molecule has 0 unspecified atom stereocenters. The van der Waals surface area contributed by atoms with Crippen LogP contribution >= 0.6 is 11.8 Å². The number of nitrogens with zero attached hydrogens (tertiary/aromatic N) is 1. The van der Waals surface area contributed by atoms with Gasteiger partial charge in [0.05, 0.1) is 24.7 Å². The van der Waals surface area contributed by atoms with E-state index < -0.39 is 12.7 Å². The van der Waals surface area contributed by atoms with E-state index in [9.17, 15) is 13.2 Å². The number of aromatic amines is 1. The number of aromatic nitrogens is 2. The first-order chi connectivity index (χ1) is 9.48. The van der Waals surface area contributed by atoms with E-state index in [1.54, 1.807) is 7.11 Å². The molecule has 1 aromatic heterocycles. The molecule has 4 nitrogen and oxygen atoms in total. The van der Waals surface area contributed by atoms with Crippen LogP contribution in [-0.4, -0.2) is 42.1 Å². The Morgan fingerprint density at radius 1 is 1.40 bits per heavy atom. The Balaban J connectivity index is 1.84. The van der Waals surface area contributed by atoms with Gasteiger partial charge < -0.3 is 15.0 Å². The second kappa shape index (κ2) is 6.36. The van der Waals surface area contributed by atoms with Crippen LogP contribution in [-0.2, 0) is 0 Å². The number of rotatable bonds is 6. The molecule has 0 fully saturated rings. The summed E-state index contributed by atoms with van der Waals surface area (Å²) in [5, 5.41) is 3.02. The maximum absolute atomic E-state index is 11.9. The van der Waals surface area contributed by atoms with E-state index in [1.165, 1.54) is 11.8 Å². The van der Waals surface area contributed by atoms with Crippen LogP contribution in [0.3, 0.4) is 0 Å². The van der Waals surface area contributed by atoms with Crippen LogP contribution in [0.2, 0.25) is 0 Å². The largest absolute Gasteiger partial charge is 0.497 e. The molecule has 1 heterocycles. The summed E-state index contributed by atoms with van der Waals surface area (Å²) < 4.78 is 40.9. The molecule has 20 heavy (non-hydrogen) atoms. The van der Waals surface area contributed by atoms with E-state index in [0.717, 1.165) is 16.8 Å². The third-order valence-corrected chi connectivity index (χ3v) is 3.39. The molecule has 0 atom stereocenters. The fourth-order valence-corrected chi connectivity index (χ4v) is 2.40. The first kappa shape index (κ1) is 15.0. The van der Waals surface area contributed by atoms with Gasteiger partial charge in [0.25, 0.3) is 0 Å². The average Bonchev–Trinajstić information content (AvgIpc) is 2.78. The second-order valence-corrected chi connectivity index (χ2v) is 5.15. The summed E-state index contributed by atoms with van der Waals surface area (Å²) in [5.74, 6) is 1.23. The normalized spacial score (nSPS) is 12.0. The molecule has 0 aliphatic rings. The Morgan fingerprint density at radius 3 is 2.90 bits per heavy atom. The molecule has 0 saturated heterocycles. The SMILES string of the molecule is COc1ccc2nc(SCCNCC(F)(F)F)[nH]c2c1. The van der Waals surface area contributed by atoms with Crippen molar-refractivity contribution in [3.05, 3.63) is 18.2 Å². The number of nitrogens with one attached hydrogen (secondary N) is 2. The van der Waals surface area contributed by atoms with E-state index in [-0.39, 0.29) is 6.54 Å². The summed E-state index contributed by atoms with van der Waals surface area (Å²) in [6.45, 7) is -0.699. The number of imidazole rings is 1. The van der Waals surface area contributed by atoms with Crippen LogP contribution in [0.4, 0.5) is 13.2 Å². The van der Waals surface area contributed by atoms with Crippen molar-refractivity contribution >= 4 is 22.8 Å². The van der Waals surface area contributed by atoms with Crippen LogP contribution in [0.15, 0.2) is 23.4 Å². The topological polar surface area (TPSA) is 49.9 Å². The van der Waals surface area contributed by atoms with Crippen LogP contribution in [0.1, 0.15) is 0 Å². The lowest BCUT2D eigenvalue weighted by Crippen LogP contribution is -2.30. The molecule has 0 aliphatic heterocycles. The van der Waals surface area contributed by atoms with Gasteiger partial charge in [0.2, 0.25) is 0 Å². The van der Waals surface area contributed by atoms with Crippen LogP contribution in [0.25, 0.3) is 11.0 Å². The van der Waals surface area contributed by atoms with Crippen molar-refractivity contribution in [2.75, 3.05) is 26.0 Å². The first-order valence-electron chi connectivity index (χ1n) is 5.92. The molecule has 2 N–H and O–H groups in total. The zero-order valence-corrected chi connectivity index (χ0v) is 11.6. The van der Waals surface area contributed by atoms with Crippen molar-refractivity contribution in [3.63, 3.8) is 0 Å². The third-order valence-electron chi connectivity index (χ3n) is 2.51. The molecular formula is C12H14F3N3OS. The molecule has 0 amide bonds. The quantitative estimate of drug-likeness (QED) is 0.636. The lowest BCUT2D eigenvalue weighted by molar-refractivity contribution is -0.124. The molecule has 8 heteroatoms. The molecular weight excluding hydrogens is 291 g/mol. The van der Waals surface area contributed by atoms with Gasteiger partial charge in [-0.25, -0.2) is 4.98 Å². The molecule has 1 aromatic carbocycles. The van der Waals surface area contributed by atoms with E-state index >= 15 is 0 Å². The highest BCUT2D eigenvalue weighted by molar-refractivity contribution is 7.99. The minimum Gasteiger partial charge on any atom is -0.497 e. The van der Waals surface area contributed by atoms with Gasteiger partial charge in [-0.05, 0) is 12.1 Å². The van der Waals surface area contributed by atoms with E-state index in [0.29, 0.717) is 10.9 Å². The summed E-state index contributed by atoms with van der Waals surface area (Å²) in [4.78, 5) is 7.44. The first-order valence-corrected chi connectivity index (χ1v) is 6.90. The number of ether oxygens (including phenoxy) is 1. The Hall–Kier alpha value is -1.41. The minimum atomic E-state index is -4.17. The molecule has 2 aromatic rings. The van der Waals surface area contributed by atoms with Crippen molar-refractivity contribution in [2.45, 2.75) is 11.3 Å². The predicted molar refractivity (Wildman–Crippen MR) is 72.3 cm³/mol. The average molecular weight is 305 g/mol. The molecule has 0 aliphatic carbocycles. The maximum Gasteiger partial charge on any atom is 0.401 e. The van der Waals surface area contributed by atoms with E-state index in [2.05, 4.69) is 15.3 Å². The molecule has 0 spiro atoms. The number of fused-ring (bicyclic) bond motifs is 1. The smallest absolute Gasteiger partial charge is 0.401 e. The van der Waals surface area contributed by atoms with Gasteiger partial charge >= 0.3 is 6.18 Å². The number of halogens is 3. The second-order valence-electron chi connectivity index (χ2n) is 4.07. The van der Waals surface area contributed by atoms with Crippen molar-refractivity contribution in [1.82, 2.24) is 15.3 Å². The highest BCUT2D eigenvalue weighted by Crippen LogP contribution is 2.22. The number of thioether (sulfide) groups is 1. The summed E-state index contributed by atoms with van der Waals surface area (Å²) in [6.07, 6.45) is -4.17. The van der Waals surface area contributed by atoms with Crippen molar-refractivity contribution in [2.24, 2.45) is 0 Å². The van der Waals surface area contributed by atoms with Crippen LogP contribution in [0, 0.1) is 0 Å². The summed E-state index contributed by atoms with van der Waals surface area (Å²) >= 11 is 1.37. The van der Waals surface area contributed by atoms with Gasteiger partial charge in [-0.1, -0.05) is 11.8 Å². The lowest BCUT2D eigenvalue weighted by atomic mass is 10.3. The Labute approximate surface area is 118 Å². The monoisotopic (exact) mass is 305 g/mol. The number of benzene rings is 1. The van der Waals surface area contributed by atoms with Crippen LogP contribution in [0.5, 0.6) is 5.75 Å². The summed E-state index contributed by atoms with van der Waals surface area (Å²) in [7, 11) is 1.58. The zero-order chi connectivity index (χ0) is 14.6. The minimum absolute atomic E-state index is 0.268. The van der Waals surface area contributed by atoms with Crippen molar-refractivity contribution in [1.29, 1.82) is 0 Å². The standard InChI is InChI=1S/C12H14F3N3OS/c1-19-8-2-3-9-10(6-8)18-11(17-9)20-5-4-16-7-12(13,14)15/h2-3,6,16H,4-5,7H2,1H3,(H,17,18). The van der Waals surface area contributed by atoms with Gasteiger partial charge in [0.15, 0.2) is 5.16 Å². The Bertz CT molecular complexity index is 571. The van der Waals surface area contributed by atoms with Gasteiger partial charge in [0, 0.05) is 18.4 Å². The van der Waals surface area contributed by atoms with Crippen LogP contribution < -0.4 is 10.1 Å². The summed E-state index contributed by atoms with van der Waals surface area (Å²) in [6, 6.07) is 5.47. The highest BCUT2D eigenvalue weighted by Gasteiger charge is 2.25. The van der Waals surface area contributed by atoms with Crippen molar-refractivity contribution in [3.8, 4) is 5.75 Å². The van der Waals surface area contributed by atoms with Crippen molar-refractivity contribution < 1.29 is 17.9 Å². The van der Waals surface area contributed by atoms with E-state index in [4.69, 9.17) is 4.74 Å². The number of hydrogen-bond acceptors (Lipinski definition) is 4. The predicted octanol–water partition coefficient (Wildman–Crippen LogP) is 2.82. The fourth-order valence-electron chi connectivity index (χ4n) is 1.61. The van der Waals surface area contributed by atoms with Gasteiger partial charge in [-0.2, -0.15) is 13.2 Å². The maximum atomic E-state index is 11.9. The third kappa shape index (κ3) is 4.31. The molecule has 0 saturated carbocycles. The van der Waals surface area contributed by atoms with E-state index in [1.807, 2.05) is 18.2 Å². The molecule has 2 rings (SSSR count). The fraction of sp³-hybridized carbons (Fsp3) is 0.417. The summed E-state index contributed by atoms with van der Waals surface area (Å²) in [5.41, 5.74) is 1.65. The van der Waals surface area contributed by atoms with Gasteiger partial charge in [0.1, 0.15) is 5.75 Å². The Morgan fingerprint density at radius 2 is 2.20 bits per heavy atom. The molecule has 0 radical (unpaired) electrons.